The molecule has 3 saturated heterocycles. The van der Waals surface area contributed by atoms with Gasteiger partial charge in [-0.1, -0.05) is 0 Å². The molecule has 5 fully saturated rings. The van der Waals surface area contributed by atoms with Crippen LogP contribution in [0.4, 0.5) is 18.9 Å². The van der Waals surface area contributed by atoms with Gasteiger partial charge in [-0.2, -0.15) is 18.4 Å². The molecule has 2 saturated carbocycles. The van der Waals surface area contributed by atoms with Gasteiger partial charge in [0.15, 0.2) is 0 Å². The number of carbonyl (C=O) groups is 2. The van der Waals surface area contributed by atoms with Gasteiger partial charge in [-0.25, -0.2) is 4.90 Å². The average Bonchev–Trinajstić information content (AvgIpc) is 3.37. The summed E-state index contributed by atoms with van der Waals surface area (Å²) in [6, 6.07) is 4.54. The Bertz CT molecular complexity index is 920. The van der Waals surface area contributed by atoms with Crippen LogP contribution in [0.25, 0.3) is 0 Å². The lowest BCUT2D eigenvalue weighted by atomic mass is 9.66. The molecule has 3 aliphatic heterocycles. The van der Waals surface area contributed by atoms with Gasteiger partial charge in [-0.05, 0) is 49.4 Å². The minimum Gasteiger partial charge on any atom is -0.302 e. The van der Waals surface area contributed by atoms with Crippen molar-refractivity contribution in [2.75, 3.05) is 18.5 Å². The van der Waals surface area contributed by atoms with Crippen molar-refractivity contribution in [2.24, 2.45) is 29.6 Å². The quantitative estimate of drug-likeness (QED) is 0.707. The molecule has 0 spiro atoms. The fourth-order valence-corrected chi connectivity index (χ4v) is 5.74. The highest BCUT2D eigenvalue weighted by Crippen LogP contribution is 2.63. The first-order chi connectivity index (χ1) is 12.7. The van der Waals surface area contributed by atoms with E-state index in [2.05, 4.69) is 4.90 Å². The first kappa shape index (κ1) is 16.8. The molecule has 5 aliphatic rings. The van der Waals surface area contributed by atoms with Gasteiger partial charge < -0.3 is 4.90 Å². The molecule has 0 radical (unpaired) electrons. The maximum Gasteiger partial charge on any atom is 0.417 e. The van der Waals surface area contributed by atoms with E-state index in [4.69, 9.17) is 5.26 Å². The fraction of sp³-hybridized carbons (Fsp3) is 0.526. The van der Waals surface area contributed by atoms with Crippen molar-refractivity contribution < 1.29 is 22.8 Å². The molecule has 0 aromatic heterocycles. The van der Waals surface area contributed by atoms with Gasteiger partial charge in [0.1, 0.15) is 0 Å². The number of imide groups is 1. The number of fused-ring (bicyclic) bond motifs is 1. The van der Waals surface area contributed by atoms with Crippen LogP contribution in [0.3, 0.4) is 0 Å². The van der Waals surface area contributed by atoms with E-state index in [1.165, 1.54) is 12.1 Å². The molecule has 2 bridgehead atoms. The topological polar surface area (TPSA) is 64.4 Å². The zero-order valence-corrected chi connectivity index (χ0v) is 14.4. The molecule has 3 heterocycles. The van der Waals surface area contributed by atoms with Crippen LogP contribution >= 0.6 is 0 Å². The van der Waals surface area contributed by atoms with E-state index >= 15 is 0 Å². The number of piperidine rings is 2. The number of benzene rings is 1. The number of alkyl halides is 3. The molecule has 2 amide bonds. The Balaban J connectivity index is 1.57. The molecule has 5 nitrogen and oxygen atoms in total. The molecule has 140 valence electrons. The zero-order valence-electron chi connectivity index (χ0n) is 14.4. The summed E-state index contributed by atoms with van der Waals surface area (Å²) in [5.74, 6) is -0.750. The predicted octanol–water partition coefficient (Wildman–Crippen LogP) is 2.26. The second kappa shape index (κ2) is 5.10. The zero-order chi connectivity index (χ0) is 19.2. The predicted molar refractivity (Wildman–Crippen MR) is 87.1 cm³/mol. The van der Waals surface area contributed by atoms with Crippen LogP contribution < -0.4 is 4.90 Å². The van der Waals surface area contributed by atoms with Crippen molar-refractivity contribution in [1.29, 1.82) is 5.26 Å². The molecule has 1 aromatic carbocycles. The number of amides is 2. The van der Waals surface area contributed by atoms with Crippen molar-refractivity contribution in [3.05, 3.63) is 29.3 Å². The van der Waals surface area contributed by atoms with E-state index in [0.717, 1.165) is 30.0 Å². The van der Waals surface area contributed by atoms with Gasteiger partial charge in [0.2, 0.25) is 11.8 Å². The molecular formula is C19H16F3N3O2. The summed E-state index contributed by atoms with van der Waals surface area (Å²) in [5, 5.41) is 8.95. The van der Waals surface area contributed by atoms with Gasteiger partial charge in [-0.15, -0.1) is 0 Å². The van der Waals surface area contributed by atoms with Crippen LogP contribution in [0.2, 0.25) is 0 Å². The van der Waals surface area contributed by atoms with Crippen molar-refractivity contribution in [2.45, 2.75) is 18.6 Å². The van der Waals surface area contributed by atoms with Gasteiger partial charge in [0.05, 0.1) is 34.7 Å². The third kappa shape index (κ3) is 2.09. The Morgan fingerprint density at radius 2 is 1.81 bits per heavy atom. The molecule has 6 rings (SSSR count). The number of carbonyl (C=O) groups excluding carboxylic acids is 2. The maximum atomic E-state index is 13.3. The Hall–Kier alpha value is -2.40. The SMILES string of the molecule is CN1CC2C3CC3C1C1C(=O)N(c3ccc(C#N)c(C(F)(F)F)c3)C(=O)C21. The van der Waals surface area contributed by atoms with Crippen LogP contribution in [0, 0.1) is 40.9 Å². The van der Waals surface area contributed by atoms with Crippen LogP contribution in [0.5, 0.6) is 0 Å². The number of nitrogens with zero attached hydrogens (tertiary/aromatic N) is 3. The highest BCUT2D eigenvalue weighted by atomic mass is 19.4. The highest BCUT2D eigenvalue weighted by molar-refractivity contribution is 6.22. The molecule has 8 heteroatoms. The van der Waals surface area contributed by atoms with E-state index in [1.807, 2.05) is 7.05 Å². The summed E-state index contributed by atoms with van der Waals surface area (Å²) >= 11 is 0. The Labute approximate surface area is 153 Å². The van der Waals surface area contributed by atoms with Crippen LogP contribution in [-0.4, -0.2) is 36.3 Å². The van der Waals surface area contributed by atoms with Crippen molar-refractivity contribution in [3.63, 3.8) is 0 Å². The normalized spacial score (nSPS) is 37.2. The summed E-state index contributed by atoms with van der Waals surface area (Å²) in [4.78, 5) is 29.2. The molecule has 6 atom stereocenters. The molecule has 27 heavy (non-hydrogen) atoms. The van der Waals surface area contributed by atoms with Crippen molar-refractivity contribution in [1.82, 2.24) is 4.90 Å². The second-order valence-electron chi connectivity index (χ2n) is 8.06. The Morgan fingerprint density at radius 3 is 2.48 bits per heavy atom. The van der Waals surface area contributed by atoms with E-state index in [1.54, 1.807) is 0 Å². The minimum atomic E-state index is -4.74. The lowest BCUT2D eigenvalue weighted by Crippen LogP contribution is -2.58. The third-order valence-electron chi connectivity index (χ3n) is 6.80. The summed E-state index contributed by atoms with van der Waals surface area (Å²) in [6.45, 7) is 0.751. The smallest absolute Gasteiger partial charge is 0.302 e. The molecule has 0 N–H and O–H groups in total. The van der Waals surface area contributed by atoms with Gasteiger partial charge in [-0.3, -0.25) is 9.59 Å². The first-order valence-corrected chi connectivity index (χ1v) is 8.93. The standard InChI is InChI=1S/C19H16F3N3O2/c1-24-7-12-10-5-11(10)16(24)15-14(12)17(26)25(18(15)27)9-3-2-8(6-23)13(4-9)19(20,21)22/h2-4,10-12,14-16H,5,7H2,1H3. The van der Waals surface area contributed by atoms with Crippen LogP contribution in [0.15, 0.2) is 18.2 Å². The Morgan fingerprint density at radius 1 is 1.11 bits per heavy atom. The van der Waals surface area contributed by atoms with Gasteiger partial charge >= 0.3 is 6.18 Å². The number of halogens is 3. The van der Waals surface area contributed by atoms with Gasteiger partial charge in [0.25, 0.3) is 0 Å². The molecular weight excluding hydrogens is 359 g/mol. The van der Waals surface area contributed by atoms with Crippen molar-refractivity contribution in [3.8, 4) is 6.07 Å². The molecule has 2 aliphatic carbocycles. The van der Waals surface area contributed by atoms with Gasteiger partial charge in [0, 0.05) is 12.6 Å². The summed E-state index contributed by atoms with van der Waals surface area (Å²) in [6.07, 6.45) is -3.71. The maximum absolute atomic E-state index is 13.3. The van der Waals surface area contributed by atoms with Crippen LogP contribution in [0.1, 0.15) is 17.5 Å². The first-order valence-electron chi connectivity index (χ1n) is 8.93. The largest absolute Gasteiger partial charge is 0.417 e. The number of rotatable bonds is 1. The van der Waals surface area contributed by atoms with E-state index in [-0.39, 0.29) is 17.6 Å². The Kier molecular flexibility index (Phi) is 3.17. The average molecular weight is 375 g/mol. The lowest BCUT2D eigenvalue weighted by molar-refractivity contribution is -0.138. The summed E-state index contributed by atoms with van der Waals surface area (Å²) < 4.78 is 39.9. The van der Waals surface area contributed by atoms with E-state index in [0.29, 0.717) is 11.8 Å². The van der Waals surface area contributed by atoms with Crippen LogP contribution in [-0.2, 0) is 15.8 Å². The summed E-state index contributed by atoms with van der Waals surface area (Å²) in [7, 11) is 1.95. The third-order valence-corrected chi connectivity index (χ3v) is 6.80. The number of nitriles is 1. The minimum absolute atomic E-state index is 0.00748. The fourth-order valence-electron chi connectivity index (χ4n) is 5.74. The monoisotopic (exact) mass is 375 g/mol. The second-order valence-corrected chi connectivity index (χ2v) is 8.06. The number of anilines is 1. The highest BCUT2D eigenvalue weighted by Gasteiger charge is 2.70. The number of hydrogen-bond acceptors (Lipinski definition) is 4. The summed E-state index contributed by atoms with van der Waals surface area (Å²) in [5.41, 5.74) is -1.74. The van der Waals surface area contributed by atoms with E-state index in [9.17, 15) is 22.8 Å². The van der Waals surface area contributed by atoms with E-state index < -0.39 is 41.0 Å². The molecule has 1 aromatic rings. The molecule has 6 unspecified atom stereocenters. The number of hydrogen-bond donors (Lipinski definition) is 0. The lowest BCUT2D eigenvalue weighted by Gasteiger charge is -2.48. The van der Waals surface area contributed by atoms with Crippen molar-refractivity contribution >= 4 is 17.5 Å².